The Morgan fingerprint density at radius 1 is 1.39 bits per heavy atom. The number of carboxylic acid groups (broad SMARTS) is 1. The molecule has 0 aromatic heterocycles. The van der Waals surface area contributed by atoms with Gasteiger partial charge in [0.25, 0.3) is 5.69 Å². The summed E-state index contributed by atoms with van der Waals surface area (Å²) in [6.45, 7) is 3.25. The van der Waals surface area contributed by atoms with Crippen molar-refractivity contribution in [2.24, 2.45) is 11.8 Å². The van der Waals surface area contributed by atoms with Crippen LogP contribution in [0.2, 0.25) is 0 Å². The molecule has 8 nitrogen and oxygen atoms in total. The molecule has 1 aliphatic rings. The van der Waals surface area contributed by atoms with Crippen LogP contribution in [0.5, 0.6) is 0 Å². The molecule has 1 aliphatic heterocycles. The molecule has 2 atom stereocenters. The van der Waals surface area contributed by atoms with Gasteiger partial charge in [-0.3, -0.25) is 14.9 Å². The van der Waals surface area contributed by atoms with Gasteiger partial charge in [-0.15, -0.1) is 0 Å². The molecule has 1 aromatic carbocycles. The van der Waals surface area contributed by atoms with Gasteiger partial charge < -0.3 is 5.11 Å². The fraction of sp³-hybridized carbons (Fsp3) is 0.500. The predicted octanol–water partition coefficient (Wildman–Crippen LogP) is 1.63. The van der Waals surface area contributed by atoms with Crippen LogP contribution in [0.3, 0.4) is 0 Å². The minimum atomic E-state index is -3.98. The third-order valence-corrected chi connectivity index (χ3v) is 6.02. The number of nitro groups is 1. The Labute approximate surface area is 133 Å². The summed E-state index contributed by atoms with van der Waals surface area (Å²) in [5, 5.41) is 20.2. The Kier molecular flexibility index (Phi) is 4.71. The normalized spacial score (nSPS) is 22.7. The van der Waals surface area contributed by atoms with Gasteiger partial charge >= 0.3 is 5.97 Å². The SMILES string of the molecule is Cc1c([N+](=O)[O-])cccc1S(=O)(=O)N1CC(C)CC(C(=O)O)C1. The van der Waals surface area contributed by atoms with Crippen molar-refractivity contribution < 1.29 is 23.2 Å². The van der Waals surface area contributed by atoms with Crippen LogP contribution < -0.4 is 0 Å². The number of nitro benzene ring substituents is 1. The molecule has 9 heteroatoms. The lowest BCUT2D eigenvalue weighted by molar-refractivity contribution is -0.385. The number of benzene rings is 1. The van der Waals surface area contributed by atoms with Gasteiger partial charge in [0.1, 0.15) is 0 Å². The fourth-order valence-electron chi connectivity index (χ4n) is 2.90. The standard InChI is InChI=1S/C14H18N2O6S/c1-9-6-11(14(17)18)8-15(7-9)23(21,22)13-5-3-4-12(10(13)2)16(19)20/h3-5,9,11H,6-8H2,1-2H3,(H,17,18). The summed E-state index contributed by atoms with van der Waals surface area (Å²) in [6, 6.07) is 3.88. The van der Waals surface area contributed by atoms with Crippen LogP contribution in [0.1, 0.15) is 18.9 Å². The van der Waals surface area contributed by atoms with Crippen LogP contribution in [0.15, 0.2) is 23.1 Å². The zero-order chi connectivity index (χ0) is 17.4. The van der Waals surface area contributed by atoms with E-state index in [4.69, 9.17) is 0 Å². The minimum absolute atomic E-state index is 0.0580. The molecule has 0 aliphatic carbocycles. The van der Waals surface area contributed by atoms with Gasteiger partial charge in [0.15, 0.2) is 0 Å². The van der Waals surface area contributed by atoms with Crippen LogP contribution in [0, 0.1) is 28.9 Å². The van der Waals surface area contributed by atoms with E-state index in [1.165, 1.54) is 25.1 Å². The van der Waals surface area contributed by atoms with E-state index in [2.05, 4.69) is 0 Å². The summed E-state index contributed by atoms with van der Waals surface area (Å²) >= 11 is 0. The largest absolute Gasteiger partial charge is 0.481 e. The lowest BCUT2D eigenvalue weighted by atomic mass is 9.92. The summed E-state index contributed by atoms with van der Waals surface area (Å²) in [7, 11) is -3.98. The second-order valence-corrected chi connectivity index (χ2v) is 7.76. The molecule has 23 heavy (non-hydrogen) atoms. The van der Waals surface area contributed by atoms with Crippen molar-refractivity contribution >= 4 is 21.7 Å². The van der Waals surface area contributed by atoms with E-state index in [9.17, 15) is 28.4 Å². The van der Waals surface area contributed by atoms with Gasteiger partial charge in [-0.25, -0.2) is 8.42 Å². The first-order valence-corrected chi connectivity index (χ1v) is 8.55. The van der Waals surface area contributed by atoms with E-state index in [1.807, 2.05) is 0 Å². The summed E-state index contributed by atoms with van der Waals surface area (Å²) in [4.78, 5) is 21.4. The first-order chi connectivity index (χ1) is 10.6. The molecule has 0 saturated carbocycles. The van der Waals surface area contributed by atoms with E-state index in [-0.39, 0.29) is 35.2 Å². The van der Waals surface area contributed by atoms with Crippen molar-refractivity contribution in [2.45, 2.75) is 25.2 Å². The predicted molar refractivity (Wildman–Crippen MR) is 81.5 cm³/mol. The Balaban J connectivity index is 2.44. The topological polar surface area (TPSA) is 118 Å². The van der Waals surface area contributed by atoms with E-state index >= 15 is 0 Å². The molecule has 2 unspecified atom stereocenters. The van der Waals surface area contributed by atoms with Gasteiger partial charge in [0.2, 0.25) is 10.0 Å². The maximum absolute atomic E-state index is 12.8. The summed E-state index contributed by atoms with van der Waals surface area (Å²) in [5.41, 5.74) is -0.214. The van der Waals surface area contributed by atoms with Gasteiger partial charge in [-0.2, -0.15) is 4.31 Å². The maximum Gasteiger partial charge on any atom is 0.307 e. The first-order valence-electron chi connectivity index (χ1n) is 7.11. The highest BCUT2D eigenvalue weighted by molar-refractivity contribution is 7.89. The molecular weight excluding hydrogens is 324 g/mol. The summed E-state index contributed by atoms with van der Waals surface area (Å²) in [5.74, 6) is -1.90. The monoisotopic (exact) mass is 342 g/mol. The Hall–Kier alpha value is -2.00. The number of piperidine rings is 1. The van der Waals surface area contributed by atoms with Gasteiger partial charge in [0, 0.05) is 24.7 Å². The van der Waals surface area contributed by atoms with E-state index in [1.54, 1.807) is 6.92 Å². The number of aliphatic carboxylic acids is 1. The molecular formula is C14H18N2O6S. The lowest BCUT2D eigenvalue weighted by Crippen LogP contribution is -2.45. The second kappa shape index (κ2) is 6.25. The Morgan fingerprint density at radius 2 is 2.04 bits per heavy atom. The van der Waals surface area contributed by atoms with Gasteiger partial charge in [-0.1, -0.05) is 13.0 Å². The average molecular weight is 342 g/mol. The Morgan fingerprint density at radius 3 is 2.61 bits per heavy atom. The van der Waals surface area contributed by atoms with Gasteiger partial charge in [0.05, 0.1) is 15.7 Å². The fourth-order valence-corrected chi connectivity index (χ4v) is 4.74. The van der Waals surface area contributed by atoms with Crippen LogP contribution in [-0.2, 0) is 14.8 Å². The number of carboxylic acids is 1. The molecule has 1 heterocycles. The zero-order valence-electron chi connectivity index (χ0n) is 12.8. The number of rotatable bonds is 4. The zero-order valence-corrected chi connectivity index (χ0v) is 13.6. The number of carbonyl (C=O) groups is 1. The van der Waals surface area contributed by atoms with Crippen LogP contribution in [0.4, 0.5) is 5.69 Å². The van der Waals surface area contributed by atoms with E-state index < -0.39 is 26.8 Å². The van der Waals surface area contributed by atoms with E-state index in [0.717, 1.165) is 4.31 Å². The molecule has 0 amide bonds. The molecule has 2 rings (SSSR count). The molecule has 1 fully saturated rings. The lowest BCUT2D eigenvalue weighted by Gasteiger charge is -2.34. The average Bonchev–Trinajstić information content (AvgIpc) is 2.46. The molecule has 0 radical (unpaired) electrons. The van der Waals surface area contributed by atoms with Crippen LogP contribution in [0.25, 0.3) is 0 Å². The van der Waals surface area contributed by atoms with Crippen LogP contribution >= 0.6 is 0 Å². The summed E-state index contributed by atoms with van der Waals surface area (Å²) in [6.07, 6.45) is 0.412. The first kappa shape index (κ1) is 17.4. The minimum Gasteiger partial charge on any atom is -0.481 e. The highest BCUT2D eigenvalue weighted by Gasteiger charge is 2.37. The Bertz CT molecular complexity index is 746. The molecule has 1 saturated heterocycles. The number of sulfonamides is 1. The third-order valence-electron chi connectivity index (χ3n) is 4.05. The van der Waals surface area contributed by atoms with Crippen molar-refractivity contribution in [1.29, 1.82) is 0 Å². The molecule has 0 bridgehead atoms. The van der Waals surface area contributed by atoms with Gasteiger partial charge in [-0.05, 0) is 25.3 Å². The van der Waals surface area contributed by atoms with Crippen molar-refractivity contribution in [3.63, 3.8) is 0 Å². The van der Waals surface area contributed by atoms with Crippen LogP contribution in [-0.4, -0.2) is 41.8 Å². The second-order valence-electron chi connectivity index (χ2n) is 5.86. The van der Waals surface area contributed by atoms with Crippen molar-refractivity contribution in [1.82, 2.24) is 4.31 Å². The quantitative estimate of drug-likeness (QED) is 0.656. The smallest absolute Gasteiger partial charge is 0.307 e. The molecule has 1 N–H and O–H groups in total. The van der Waals surface area contributed by atoms with Crippen molar-refractivity contribution in [3.8, 4) is 0 Å². The number of hydrogen-bond acceptors (Lipinski definition) is 5. The highest BCUT2D eigenvalue weighted by Crippen LogP contribution is 2.31. The molecule has 126 valence electrons. The van der Waals surface area contributed by atoms with Crippen molar-refractivity contribution in [3.05, 3.63) is 33.9 Å². The summed E-state index contributed by atoms with van der Waals surface area (Å²) < 4.78 is 26.7. The van der Waals surface area contributed by atoms with E-state index in [0.29, 0.717) is 6.42 Å². The van der Waals surface area contributed by atoms with Crippen molar-refractivity contribution in [2.75, 3.05) is 13.1 Å². The highest BCUT2D eigenvalue weighted by atomic mass is 32.2. The third kappa shape index (κ3) is 3.35. The molecule has 0 spiro atoms. The number of nitrogens with zero attached hydrogens (tertiary/aromatic N) is 2. The maximum atomic E-state index is 12.8. The number of hydrogen-bond donors (Lipinski definition) is 1. The molecule has 1 aromatic rings.